The Morgan fingerprint density at radius 1 is 1.00 bits per heavy atom. The Bertz CT molecular complexity index is 517. The smallest absolute Gasteiger partial charge is 0.399 e. The lowest BCUT2D eigenvalue weighted by Gasteiger charge is -2.23. The third kappa shape index (κ3) is 2.72. The minimum Gasteiger partial charge on any atom is -0.415 e. The molecule has 1 aliphatic heterocycles. The number of nitrogens with zero attached hydrogens (tertiary/aromatic N) is 1. The molecule has 0 aromatic heterocycles. The van der Waals surface area contributed by atoms with E-state index in [0.717, 1.165) is 6.54 Å². The Morgan fingerprint density at radius 3 is 2.32 bits per heavy atom. The SMILES string of the molecule is C[C@H]1[C@H](c2ccccc2)O[B]N1Cc1ccccc1. The van der Waals surface area contributed by atoms with Gasteiger partial charge in [0, 0.05) is 12.6 Å². The van der Waals surface area contributed by atoms with E-state index < -0.39 is 0 Å². The minimum absolute atomic E-state index is 0.130. The van der Waals surface area contributed by atoms with Crippen LogP contribution in [0.15, 0.2) is 60.7 Å². The highest BCUT2D eigenvalue weighted by atomic mass is 16.5. The van der Waals surface area contributed by atoms with Crippen LogP contribution in [0.25, 0.3) is 0 Å². The van der Waals surface area contributed by atoms with Gasteiger partial charge in [-0.1, -0.05) is 60.7 Å². The van der Waals surface area contributed by atoms with E-state index in [9.17, 15) is 0 Å². The highest BCUT2D eigenvalue weighted by Gasteiger charge is 2.33. The van der Waals surface area contributed by atoms with Crippen LogP contribution in [-0.2, 0) is 11.2 Å². The Labute approximate surface area is 115 Å². The molecule has 3 rings (SSSR count). The van der Waals surface area contributed by atoms with Gasteiger partial charge in [-0.25, -0.2) is 0 Å². The van der Waals surface area contributed by atoms with Gasteiger partial charge in [-0.3, -0.25) is 0 Å². The summed E-state index contributed by atoms with van der Waals surface area (Å²) in [6.07, 6.45) is 0.130. The molecule has 0 bridgehead atoms. The standard InChI is InChI=1S/C16H17BNO/c1-13-16(15-10-6-3-7-11-15)19-17-18(13)12-14-8-4-2-5-9-14/h2-11,13,16H,12H2,1H3/t13-,16+/m0/s1. The van der Waals surface area contributed by atoms with E-state index in [1.165, 1.54) is 11.1 Å². The Kier molecular flexibility index (Phi) is 3.67. The Hall–Kier alpha value is -1.58. The van der Waals surface area contributed by atoms with Crippen LogP contribution < -0.4 is 0 Å². The maximum atomic E-state index is 5.84. The maximum absolute atomic E-state index is 5.84. The van der Waals surface area contributed by atoms with E-state index in [0.29, 0.717) is 6.04 Å². The van der Waals surface area contributed by atoms with Gasteiger partial charge in [-0.05, 0) is 18.1 Å². The normalized spacial score (nSPS) is 23.2. The molecule has 95 valence electrons. The molecular formula is C16H17BNO. The summed E-state index contributed by atoms with van der Waals surface area (Å²) < 4.78 is 5.84. The van der Waals surface area contributed by atoms with Gasteiger partial charge in [-0.2, -0.15) is 0 Å². The van der Waals surface area contributed by atoms with Crippen molar-refractivity contribution in [3.63, 3.8) is 0 Å². The molecule has 2 aromatic rings. The van der Waals surface area contributed by atoms with Crippen LogP contribution in [0.4, 0.5) is 0 Å². The summed E-state index contributed by atoms with van der Waals surface area (Å²) >= 11 is 0. The largest absolute Gasteiger partial charge is 0.415 e. The number of hydrogen-bond donors (Lipinski definition) is 0. The van der Waals surface area contributed by atoms with Gasteiger partial charge in [-0.15, -0.1) is 0 Å². The average Bonchev–Trinajstić information content (AvgIpc) is 2.82. The zero-order valence-electron chi connectivity index (χ0n) is 11.1. The fraction of sp³-hybridized carbons (Fsp3) is 0.250. The molecule has 2 atom stereocenters. The molecule has 1 fully saturated rings. The summed E-state index contributed by atoms with van der Waals surface area (Å²) in [6.45, 7) is 3.11. The van der Waals surface area contributed by atoms with Crippen molar-refractivity contribution >= 4 is 7.62 Å². The van der Waals surface area contributed by atoms with E-state index in [-0.39, 0.29) is 6.10 Å². The second kappa shape index (κ2) is 5.60. The van der Waals surface area contributed by atoms with Crippen molar-refractivity contribution in [3.8, 4) is 0 Å². The third-order valence-electron chi connectivity index (χ3n) is 3.64. The first-order valence-electron chi connectivity index (χ1n) is 6.68. The third-order valence-corrected chi connectivity index (χ3v) is 3.64. The van der Waals surface area contributed by atoms with E-state index in [4.69, 9.17) is 4.65 Å². The molecule has 0 N–H and O–H groups in total. The average molecular weight is 250 g/mol. The van der Waals surface area contributed by atoms with Crippen molar-refractivity contribution in [2.24, 2.45) is 0 Å². The van der Waals surface area contributed by atoms with Crippen molar-refractivity contribution < 1.29 is 4.65 Å². The van der Waals surface area contributed by atoms with Crippen LogP contribution in [0.3, 0.4) is 0 Å². The van der Waals surface area contributed by atoms with Crippen LogP contribution in [-0.4, -0.2) is 18.5 Å². The highest BCUT2D eigenvalue weighted by molar-refractivity contribution is 6.24. The first kappa shape index (κ1) is 12.5. The molecule has 2 aromatic carbocycles. The molecule has 2 nitrogen and oxygen atoms in total. The van der Waals surface area contributed by atoms with E-state index in [1.807, 2.05) is 19.7 Å². The molecule has 1 aliphatic rings. The van der Waals surface area contributed by atoms with E-state index in [2.05, 4.69) is 60.3 Å². The summed E-state index contributed by atoms with van der Waals surface area (Å²) in [5.74, 6) is 0. The maximum Gasteiger partial charge on any atom is 0.399 e. The lowest BCUT2D eigenvalue weighted by molar-refractivity contribution is 0.206. The van der Waals surface area contributed by atoms with Crippen molar-refractivity contribution in [3.05, 3.63) is 71.8 Å². The zero-order chi connectivity index (χ0) is 13.1. The number of rotatable bonds is 3. The number of hydrogen-bond acceptors (Lipinski definition) is 2. The van der Waals surface area contributed by atoms with Crippen LogP contribution in [0.1, 0.15) is 24.2 Å². The fourth-order valence-corrected chi connectivity index (χ4v) is 2.50. The summed E-state index contributed by atoms with van der Waals surface area (Å²) in [7, 11) is 1.87. The molecular weight excluding hydrogens is 233 g/mol. The molecule has 1 radical (unpaired) electrons. The summed E-state index contributed by atoms with van der Waals surface area (Å²) in [4.78, 5) is 2.26. The van der Waals surface area contributed by atoms with E-state index >= 15 is 0 Å². The molecule has 1 heterocycles. The van der Waals surface area contributed by atoms with Gasteiger partial charge in [0.25, 0.3) is 0 Å². The van der Waals surface area contributed by atoms with Crippen LogP contribution >= 0.6 is 0 Å². The topological polar surface area (TPSA) is 12.5 Å². The molecule has 0 amide bonds. The monoisotopic (exact) mass is 250 g/mol. The summed E-state index contributed by atoms with van der Waals surface area (Å²) in [6, 6.07) is 21.3. The molecule has 0 aliphatic carbocycles. The second-order valence-electron chi connectivity index (χ2n) is 4.97. The molecule has 19 heavy (non-hydrogen) atoms. The van der Waals surface area contributed by atoms with Gasteiger partial charge in [0.15, 0.2) is 0 Å². The van der Waals surface area contributed by atoms with Crippen molar-refractivity contribution in [1.29, 1.82) is 0 Å². The van der Waals surface area contributed by atoms with Gasteiger partial charge >= 0.3 is 7.62 Å². The van der Waals surface area contributed by atoms with Gasteiger partial charge in [0.05, 0.1) is 6.10 Å². The summed E-state index contributed by atoms with van der Waals surface area (Å²) in [5, 5.41) is 0. The van der Waals surface area contributed by atoms with Gasteiger partial charge in [0.1, 0.15) is 0 Å². The van der Waals surface area contributed by atoms with Crippen LogP contribution in [0.2, 0.25) is 0 Å². The molecule has 3 heteroatoms. The van der Waals surface area contributed by atoms with Crippen LogP contribution in [0.5, 0.6) is 0 Å². The Balaban J connectivity index is 1.71. The van der Waals surface area contributed by atoms with E-state index in [1.54, 1.807) is 0 Å². The predicted octanol–water partition coefficient (Wildman–Crippen LogP) is 3.18. The van der Waals surface area contributed by atoms with Crippen molar-refractivity contribution in [2.75, 3.05) is 0 Å². The van der Waals surface area contributed by atoms with Crippen molar-refractivity contribution in [2.45, 2.75) is 25.6 Å². The lowest BCUT2D eigenvalue weighted by atomic mass is 10.0. The lowest BCUT2D eigenvalue weighted by Crippen LogP contribution is -2.30. The zero-order valence-corrected chi connectivity index (χ0v) is 11.1. The number of benzene rings is 2. The van der Waals surface area contributed by atoms with Crippen molar-refractivity contribution in [1.82, 2.24) is 4.81 Å². The highest BCUT2D eigenvalue weighted by Crippen LogP contribution is 2.30. The Morgan fingerprint density at radius 2 is 1.63 bits per heavy atom. The van der Waals surface area contributed by atoms with Gasteiger partial charge in [0.2, 0.25) is 0 Å². The van der Waals surface area contributed by atoms with Crippen LogP contribution in [0, 0.1) is 0 Å². The summed E-state index contributed by atoms with van der Waals surface area (Å²) in [5.41, 5.74) is 2.55. The van der Waals surface area contributed by atoms with Gasteiger partial charge < -0.3 is 9.47 Å². The molecule has 1 saturated heterocycles. The molecule has 0 spiro atoms. The second-order valence-corrected chi connectivity index (χ2v) is 4.97. The molecule has 0 unspecified atom stereocenters. The first-order chi connectivity index (χ1) is 9.34. The predicted molar refractivity (Wildman–Crippen MR) is 77.5 cm³/mol. The minimum atomic E-state index is 0.130. The fourth-order valence-electron chi connectivity index (χ4n) is 2.50. The molecule has 0 saturated carbocycles. The quantitative estimate of drug-likeness (QED) is 0.775. The first-order valence-corrected chi connectivity index (χ1v) is 6.68.